The summed E-state index contributed by atoms with van der Waals surface area (Å²) < 4.78 is 7.25. The first-order chi connectivity index (χ1) is 9.84. The number of nitrogens with zero attached hydrogens (tertiary/aromatic N) is 3. The monoisotopic (exact) mass is 273 g/mol. The van der Waals surface area contributed by atoms with Crippen molar-refractivity contribution in [2.24, 2.45) is 0 Å². The highest BCUT2D eigenvalue weighted by atomic mass is 16.5. The number of hydrogen-bond donors (Lipinski definition) is 0. The molecule has 5 heteroatoms. The standard InChI is InChI=1S/C15H19N3O2/c19-15-14-13(7-3-8-16-14)17-11-18(15)9-2-1-5-12-6-4-10-20-12/h3,7-8,11-12H,1-2,4-6,9-10H2. The molecule has 2 aromatic heterocycles. The van der Waals surface area contributed by atoms with E-state index in [0.717, 1.165) is 25.9 Å². The van der Waals surface area contributed by atoms with Crippen LogP contribution in [0.4, 0.5) is 0 Å². The molecule has 0 spiro atoms. The van der Waals surface area contributed by atoms with Gasteiger partial charge in [-0.25, -0.2) is 9.97 Å². The molecule has 1 saturated heterocycles. The van der Waals surface area contributed by atoms with Crippen LogP contribution in [0.15, 0.2) is 29.5 Å². The SMILES string of the molecule is O=c1c2ncccc2ncn1CCCCC1CCCO1. The Bertz CT molecular complexity index is 632. The molecular formula is C15H19N3O2. The van der Waals surface area contributed by atoms with Crippen molar-refractivity contribution in [3.05, 3.63) is 35.0 Å². The van der Waals surface area contributed by atoms with Crippen molar-refractivity contribution in [1.82, 2.24) is 14.5 Å². The maximum Gasteiger partial charge on any atom is 0.279 e. The number of fused-ring (bicyclic) bond motifs is 1. The van der Waals surface area contributed by atoms with Crippen molar-refractivity contribution in [2.45, 2.75) is 44.8 Å². The average molecular weight is 273 g/mol. The van der Waals surface area contributed by atoms with Gasteiger partial charge in [-0.05, 0) is 44.2 Å². The van der Waals surface area contributed by atoms with Crippen molar-refractivity contribution in [2.75, 3.05) is 6.61 Å². The molecule has 0 aromatic carbocycles. The third kappa shape index (κ3) is 2.88. The Morgan fingerprint density at radius 3 is 3.15 bits per heavy atom. The minimum atomic E-state index is -0.0484. The Balaban J connectivity index is 1.60. The molecule has 3 rings (SSSR count). The molecular weight excluding hydrogens is 254 g/mol. The van der Waals surface area contributed by atoms with Gasteiger partial charge in [-0.2, -0.15) is 0 Å². The summed E-state index contributed by atoms with van der Waals surface area (Å²) in [5.74, 6) is 0. The second kappa shape index (κ2) is 6.13. The predicted molar refractivity (Wildman–Crippen MR) is 76.6 cm³/mol. The summed E-state index contributed by atoms with van der Waals surface area (Å²) in [5.41, 5.74) is 1.06. The molecule has 0 saturated carbocycles. The Morgan fingerprint density at radius 1 is 1.35 bits per heavy atom. The van der Waals surface area contributed by atoms with E-state index in [0.29, 0.717) is 23.7 Å². The maximum atomic E-state index is 12.2. The lowest BCUT2D eigenvalue weighted by molar-refractivity contribution is 0.102. The number of hydrogen-bond acceptors (Lipinski definition) is 4. The van der Waals surface area contributed by atoms with E-state index in [-0.39, 0.29) is 5.56 Å². The fraction of sp³-hybridized carbons (Fsp3) is 0.533. The molecule has 0 amide bonds. The molecule has 2 aromatic rings. The van der Waals surface area contributed by atoms with Crippen molar-refractivity contribution < 1.29 is 4.74 Å². The van der Waals surface area contributed by atoms with E-state index in [1.165, 1.54) is 12.8 Å². The third-order valence-corrected chi connectivity index (χ3v) is 3.79. The second-order valence-corrected chi connectivity index (χ2v) is 5.25. The summed E-state index contributed by atoms with van der Waals surface area (Å²) in [6.07, 6.45) is 9.20. The Hall–Kier alpha value is -1.75. The smallest absolute Gasteiger partial charge is 0.279 e. The number of unbranched alkanes of at least 4 members (excludes halogenated alkanes) is 1. The molecule has 20 heavy (non-hydrogen) atoms. The van der Waals surface area contributed by atoms with Crippen LogP contribution < -0.4 is 5.56 Å². The lowest BCUT2D eigenvalue weighted by Gasteiger charge is -2.09. The van der Waals surface area contributed by atoms with Crippen molar-refractivity contribution in [3.63, 3.8) is 0 Å². The van der Waals surface area contributed by atoms with E-state index in [1.54, 1.807) is 23.2 Å². The molecule has 0 bridgehead atoms. The van der Waals surface area contributed by atoms with Crippen LogP contribution in [-0.2, 0) is 11.3 Å². The quantitative estimate of drug-likeness (QED) is 0.783. The van der Waals surface area contributed by atoms with E-state index in [4.69, 9.17) is 4.74 Å². The van der Waals surface area contributed by atoms with Gasteiger partial charge in [0.25, 0.3) is 5.56 Å². The summed E-state index contributed by atoms with van der Waals surface area (Å²) >= 11 is 0. The molecule has 3 heterocycles. The number of aryl methyl sites for hydroxylation is 1. The largest absolute Gasteiger partial charge is 0.378 e. The first-order valence-corrected chi connectivity index (χ1v) is 7.26. The van der Waals surface area contributed by atoms with Gasteiger partial charge in [0.1, 0.15) is 0 Å². The molecule has 106 valence electrons. The van der Waals surface area contributed by atoms with Crippen molar-refractivity contribution >= 4 is 11.0 Å². The summed E-state index contributed by atoms with van der Waals surface area (Å²) in [6, 6.07) is 3.60. The zero-order chi connectivity index (χ0) is 13.8. The highest BCUT2D eigenvalue weighted by molar-refractivity contribution is 5.71. The second-order valence-electron chi connectivity index (χ2n) is 5.25. The van der Waals surface area contributed by atoms with Gasteiger partial charge in [-0.1, -0.05) is 0 Å². The number of rotatable bonds is 5. The van der Waals surface area contributed by atoms with Gasteiger partial charge in [0.05, 0.1) is 17.9 Å². The van der Waals surface area contributed by atoms with Gasteiger partial charge in [0, 0.05) is 19.3 Å². The van der Waals surface area contributed by atoms with Crippen LogP contribution in [0.3, 0.4) is 0 Å². The first kappa shape index (κ1) is 13.2. The van der Waals surface area contributed by atoms with Crippen LogP contribution in [0.1, 0.15) is 32.1 Å². The fourth-order valence-corrected chi connectivity index (χ4v) is 2.67. The van der Waals surface area contributed by atoms with Crippen molar-refractivity contribution in [3.8, 4) is 0 Å². The van der Waals surface area contributed by atoms with Crippen LogP contribution >= 0.6 is 0 Å². The number of pyridine rings is 1. The van der Waals surface area contributed by atoms with Gasteiger partial charge in [-0.3, -0.25) is 9.36 Å². The van der Waals surface area contributed by atoms with E-state index in [2.05, 4.69) is 9.97 Å². The van der Waals surface area contributed by atoms with Crippen LogP contribution in [0.25, 0.3) is 11.0 Å². The molecule has 1 unspecified atom stereocenters. The first-order valence-electron chi connectivity index (χ1n) is 7.26. The molecule has 0 aliphatic carbocycles. The molecule has 1 aliphatic heterocycles. The Labute approximate surface area is 117 Å². The average Bonchev–Trinajstić information content (AvgIpc) is 2.99. The van der Waals surface area contributed by atoms with Gasteiger partial charge < -0.3 is 4.74 Å². The molecule has 1 atom stereocenters. The Kier molecular flexibility index (Phi) is 4.06. The van der Waals surface area contributed by atoms with Gasteiger partial charge in [0.2, 0.25) is 0 Å². The third-order valence-electron chi connectivity index (χ3n) is 3.79. The van der Waals surface area contributed by atoms with Crippen LogP contribution in [0, 0.1) is 0 Å². The minimum absolute atomic E-state index is 0.0484. The molecule has 0 radical (unpaired) electrons. The van der Waals surface area contributed by atoms with E-state index in [1.807, 2.05) is 6.07 Å². The maximum absolute atomic E-state index is 12.2. The molecule has 1 aliphatic rings. The summed E-state index contributed by atoms with van der Waals surface area (Å²) in [5, 5.41) is 0. The topological polar surface area (TPSA) is 57.0 Å². The summed E-state index contributed by atoms with van der Waals surface area (Å²) in [7, 11) is 0. The minimum Gasteiger partial charge on any atom is -0.378 e. The predicted octanol–water partition coefficient (Wildman–Crippen LogP) is 2.14. The highest BCUT2D eigenvalue weighted by Gasteiger charge is 2.14. The zero-order valence-corrected chi connectivity index (χ0v) is 11.5. The van der Waals surface area contributed by atoms with E-state index in [9.17, 15) is 4.79 Å². The van der Waals surface area contributed by atoms with Crippen molar-refractivity contribution in [1.29, 1.82) is 0 Å². The van der Waals surface area contributed by atoms with Crippen LogP contribution in [0.2, 0.25) is 0 Å². The Morgan fingerprint density at radius 2 is 2.30 bits per heavy atom. The number of ether oxygens (including phenoxy) is 1. The van der Waals surface area contributed by atoms with Gasteiger partial charge in [0.15, 0.2) is 5.52 Å². The number of aromatic nitrogens is 3. The normalized spacial score (nSPS) is 18.7. The van der Waals surface area contributed by atoms with E-state index < -0.39 is 0 Å². The van der Waals surface area contributed by atoms with Crippen LogP contribution in [0.5, 0.6) is 0 Å². The van der Waals surface area contributed by atoms with E-state index >= 15 is 0 Å². The zero-order valence-electron chi connectivity index (χ0n) is 11.5. The summed E-state index contributed by atoms with van der Waals surface area (Å²) in [6.45, 7) is 1.61. The summed E-state index contributed by atoms with van der Waals surface area (Å²) in [4.78, 5) is 20.6. The molecule has 5 nitrogen and oxygen atoms in total. The lowest BCUT2D eigenvalue weighted by atomic mass is 10.1. The lowest BCUT2D eigenvalue weighted by Crippen LogP contribution is -2.21. The fourth-order valence-electron chi connectivity index (χ4n) is 2.67. The molecule has 0 N–H and O–H groups in total. The van der Waals surface area contributed by atoms with Gasteiger partial charge in [-0.15, -0.1) is 0 Å². The van der Waals surface area contributed by atoms with Crippen LogP contribution in [-0.4, -0.2) is 27.2 Å². The molecule has 1 fully saturated rings. The van der Waals surface area contributed by atoms with Gasteiger partial charge >= 0.3 is 0 Å². The highest BCUT2D eigenvalue weighted by Crippen LogP contribution is 2.17.